The van der Waals surface area contributed by atoms with E-state index in [2.05, 4.69) is 14.9 Å². The van der Waals surface area contributed by atoms with Crippen LogP contribution in [0.4, 0.5) is 4.39 Å². The van der Waals surface area contributed by atoms with Crippen LogP contribution in [-0.2, 0) is 30.9 Å². The summed E-state index contributed by atoms with van der Waals surface area (Å²) in [5.74, 6) is -0.235. The molecule has 0 N–H and O–H groups in total. The molecule has 0 fully saturated rings. The van der Waals surface area contributed by atoms with Crippen LogP contribution in [0.1, 0.15) is 38.3 Å². The average Bonchev–Trinajstić information content (AvgIpc) is 2.92. The molecule has 0 aliphatic carbocycles. The van der Waals surface area contributed by atoms with Crippen LogP contribution in [0.3, 0.4) is 0 Å². The number of nitrogens with zero attached hydrogens (tertiary/aromatic N) is 3. The first kappa shape index (κ1) is 14.3. The Kier molecular flexibility index (Phi) is 3.34. The summed E-state index contributed by atoms with van der Waals surface area (Å²) >= 11 is 0. The molecular formula is C17H16FN3O2. The maximum absolute atomic E-state index is 13.1. The number of halogens is 1. The van der Waals surface area contributed by atoms with Gasteiger partial charge in [-0.25, -0.2) is 14.8 Å². The van der Waals surface area contributed by atoms with Crippen LogP contribution in [0.25, 0.3) is 0 Å². The average molecular weight is 313 g/mol. The van der Waals surface area contributed by atoms with Crippen molar-refractivity contribution in [3.63, 3.8) is 0 Å². The molecule has 0 spiro atoms. The van der Waals surface area contributed by atoms with Crippen molar-refractivity contribution < 1.29 is 13.9 Å². The third-order valence-corrected chi connectivity index (χ3v) is 4.66. The normalized spacial score (nSPS) is 16.9. The number of rotatable bonds is 2. The fourth-order valence-corrected chi connectivity index (χ4v) is 3.30. The Hall–Kier alpha value is -2.34. The molecule has 2 aromatic rings. The lowest BCUT2D eigenvalue weighted by atomic mass is 9.97. The number of carbonyl (C=O) groups excluding carboxylic acids is 1. The Balaban J connectivity index is 1.56. The molecule has 4 rings (SSSR count). The lowest BCUT2D eigenvalue weighted by molar-refractivity contribution is 0.0535. The minimum absolute atomic E-state index is 0.235. The van der Waals surface area contributed by atoms with E-state index < -0.39 is 6.08 Å². The zero-order valence-corrected chi connectivity index (χ0v) is 12.8. The van der Waals surface area contributed by atoms with E-state index in [1.807, 2.05) is 19.1 Å². The predicted molar refractivity (Wildman–Crippen MR) is 80.1 cm³/mol. The van der Waals surface area contributed by atoms with Crippen LogP contribution < -0.4 is 0 Å². The van der Waals surface area contributed by atoms with Gasteiger partial charge in [0.05, 0.1) is 11.3 Å². The molecular weight excluding hydrogens is 297 g/mol. The molecule has 6 heteroatoms. The summed E-state index contributed by atoms with van der Waals surface area (Å²) in [7, 11) is 0. The van der Waals surface area contributed by atoms with Gasteiger partial charge in [-0.3, -0.25) is 4.90 Å². The number of fused-ring (bicyclic) bond motifs is 2. The van der Waals surface area contributed by atoms with E-state index in [1.54, 1.807) is 6.20 Å². The van der Waals surface area contributed by atoms with E-state index >= 15 is 0 Å². The lowest BCUT2D eigenvalue weighted by Gasteiger charge is -2.28. The number of carbonyl (C=O) groups is 1. The quantitative estimate of drug-likeness (QED) is 0.628. The Morgan fingerprint density at radius 2 is 2.26 bits per heavy atom. The maximum Gasteiger partial charge on any atom is 0.338 e. The molecule has 1 aromatic heterocycles. The summed E-state index contributed by atoms with van der Waals surface area (Å²) in [5.41, 5.74) is 5.77. The number of hydrogen-bond donors (Lipinski definition) is 0. The number of hydrogen-bond acceptors (Lipinski definition) is 5. The van der Waals surface area contributed by atoms with Crippen molar-refractivity contribution in [3.05, 3.63) is 57.9 Å². The van der Waals surface area contributed by atoms with Gasteiger partial charge in [0, 0.05) is 43.4 Å². The maximum atomic E-state index is 13.1. The molecule has 2 aliphatic rings. The molecule has 0 amide bonds. The van der Waals surface area contributed by atoms with Crippen molar-refractivity contribution in [1.29, 1.82) is 0 Å². The Bertz CT molecular complexity index is 807. The first-order valence-electron chi connectivity index (χ1n) is 7.63. The second-order valence-electron chi connectivity index (χ2n) is 6.02. The molecule has 118 valence electrons. The van der Waals surface area contributed by atoms with Gasteiger partial charge in [-0.1, -0.05) is 6.07 Å². The minimum Gasteiger partial charge on any atom is -0.457 e. The van der Waals surface area contributed by atoms with E-state index in [9.17, 15) is 9.18 Å². The highest BCUT2D eigenvalue weighted by molar-refractivity contribution is 5.93. The minimum atomic E-state index is -0.656. The SMILES string of the molecule is Cc1c(CN2CCc3nc(F)ncc3C2)ccc2c1COC2=O. The van der Waals surface area contributed by atoms with Crippen LogP contribution in [0, 0.1) is 13.0 Å². The highest BCUT2D eigenvalue weighted by atomic mass is 19.1. The van der Waals surface area contributed by atoms with Crippen molar-refractivity contribution in [2.75, 3.05) is 6.54 Å². The topological polar surface area (TPSA) is 55.3 Å². The van der Waals surface area contributed by atoms with E-state index in [1.165, 1.54) is 5.56 Å². The van der Waals surface area contributed by atoms with E-state index in [-0.39, 0.29) is 5.97 Å². The van der Waals surface area contributed by atoms with Gasteiger partial charge in [0.15, 0.2) is 0 Å². The Labute approximate surface area is 133 Å². The molecule has 0 saturated carbocycles. The Morgan fingerprint density at radius 3 is 3.13 bits per heavy atom. The van der Waals surface area contributed by atoms with Gasteiger partial charge in [0.1, 0.15) is 6.61 Å². The van der Waals surface area contributed by atoms with Crippen molar-refractivity contribution in [2.45, 2.75) is 33.0 Å². The summed E-state index contributed by atoms with van der Waals surface area (Å²) in [6, 6.07) is 3.85. The molecule has 1 aromatic carbocycles. The van der Waals surface area contributed by atoms with Crippen molar-refractivity contribution >= 4 is 5.97 Å². The van der Waals surface area contributed by atoms with Gasteiger partial charge < -0.3 is 4.74 Å². The Morgan fingerprint density at radius 1 is 1.39 bits per heavy atom. The molecule has 2 aliphatic heterocycles. The first-order chi connectivity index (χ1) is 11.1. The van der Waals surface area contributed by atoms with Gasteiger partial charge in [-0.15, -0.1) is 0 Å². The summed E-state index contributed by atoms with van der Waals surface area (Å²) in [6.45, 7) is 4.72. The first-order valence-corrected chi connectivity index (χ1v) is 7.63. The molecule has 5 nitrogen and oxygen atoms in total. The number of ether oxygens (including phenoxy) is 1. The summed E-state index contributed by atoms with van der Waals surface area (Å²) in [5, 5.41) is 0. The highest BCUT2D eigenvalue weighted by Gasteiger charge is 2.25. The molecule has 0 unspecified atom stereocenters. The van der Waals surface area contributed by atoms with Crippen LogP contribution in [0.15, 0.2) is 18.3 Å². The second kappa shape index (κ2) is 5.38. The lowest BCUT2D eigenvalue weighted by Crippen LogP contribution is -2.31. The summed E-state index contributed by atoms with van der Waals surface area (Å²) in [4.78, 5) is 21.4. The fourth-order valence-electron chi connectivity index (χ4n) is 3.30. The van der Waals surface area contributed by atoms with Gasteiger partial charge in [0.2, 0.25) is 0 Å². The largest absolute Gasteiger partial charge is 0.457 e. The monoisotopic (exact) mass is 313 g/mol. The highest BCUT2D eigenvalue weighted by Crippen LogP contribution is 2.27. The molecule has 0 radical (unpaired) electrons. The molecule has 23 heavy (non-hydrogen) atoms. The molecule has 0 saturated heterocycles. The summed E-state index contributed by atoms with van der Waals surface area (Å²) < 4.78 is 18.2. The van der Waals surface area contributed by atoms with E-state index in [0.717, 1.165) is 41.9 Å². The number of aromatic nitrogens is 2. The second-order valence-corrected chi connectivity index (χ2v) is 6.02. The van der Waals surface area contributed by atoms with Gasteiger partial charge in [0.25, 0.3) is 0 Å². The third-order valence-electron chi connectivity index (χ3n) is 4.66. The van der Waals surface area contributed by atoms with E-state index in [4.69, 9.17) is 4.74 Å². The molecule has 3 heterocycles. The van der Waals surface area contributed by atoms with Gasteiger partial charge >= 0.3 is 12.0 Å². The standard InChI is InChI=1S/C17H16FN3O2/c1-10-11(2-3-13-14(10)9-23-16(13)22)7-21-5-4-15-12(8-21)6-19-17(18)20-15/h2-3,6H,4-5,7-9H2,1H3. The molecule has 0 atom stereocenters. The zero-order chi connectivity index (χ0) is 16.0. The third kappa shape index (κ3) is 2.49. The van der Waals surface area contributed by atoms with Gasteiger partial charge in [-0.05, 0) is 24.1 Å². The smallest absolute Gasteiger partial charge is 0.338 e. The zero-order valence-electron chi connectivity index (χ0n) is 12.8. The van der Waals surface area contributed by atoms with Crippen LogP contribution >= 0.6 is 0 Å². The van der Waals surface area contributed by atoms with Crippen LogP contribution in [0.5, 0.6) is 0 Å². The van der Waals surface area contributed by atoms with Crippen molar-refractivity contribution in [1.82, 2.24) is 14.9 Å². The van der Waals surface area contributed by atoms with Crippen LogP contribution in [-0.4, -0.2) is 27.4 Å². The van der Waals surface area contributed by atoms with Crippen molar-refractivity contribution in [3.8, 4) is 0 Å². The molecule has 0 bridgehead atoms. The number of benzene rings is 1. The van der Waals surface area contributed by atoms with E-state index in [0.29, 0.717) is 18.7 Å². The number of cyclic esters (lactones) is 1. The van der Waals surface area contributed by atoms with Gasteiger partial charge in [-0.2, -0.15) is 4.39 Å². The predicted octanol–water partition coefficient (Wildman–Crippen LogP) is 2.15. The summed E-state index contributed by atoms with van der Waals surface area (Å²) in [6.07, 6.45) is 1.64. The van der Waals surface area contributed by atoms with Crippen LogP contribution in [0.2, 0.25) is 0 Å². The van der Waals surface area contributed by atoms with Crippen molar-refractivity contribution in [2.24, 2.45) is 0 Å². The number of esters is 1. The fraction of sp³-hybridized carbons (Fsp3) is 0.353.